The number of nitrogens with two attached hydrogens (primary N) is 1. The van der Waals surface area contributed by atoms with Crippen molar-refractivity contribution in [2.24, 2.45) is 0 Å². The van der Waals surface area contributed by atoms with Gasteiger partial charge in [0.05, 0.1) is 12.8 Å². The van der Waals surface area contributed by atoms with Crippen molar-refractivity contribution in [2.75, 3.05) is 42.7 Å². The van der Waals surface area contributed by atoms with Crippen LogP contribution < -0.4 is 26.0 Å². The lowest BCUT2D eigenvalue weighted by molar-refractivity contribution is 0.0635. The number of fused-ring (bicyclic) bond motifs is 1. The number of aromatic nitrogens is 3. The van der Waals surface area contributed by atoms with Crippen LogP contribution in [0, 0.1) is 0 Å². The van der Waals surface area contributed by atoms with Gasteiger partial charge in [-0.3, -0.25) is 5.32 Å². The number of amides is 1. The zero-order chi connectivity index (χ0) is 25.5. The molecular formula is C26H35N7O3. The number of carbonyl (C=O) groups is 1. The van der Waals surface area contributed by atoms with Crippen LogP contribution in [0.25, 0.3) is 16.6 Å². The maximum Gasteiger partial charge on any atom is 0.412 e. The van der Waals surface area contributed by atoms with Gasteiger partial charge in [0.15, 0.2) is 5.82 Å². The Labute approximate surface area is 211 Å². The fourth-order valence-corrected chi connectivity index (χ4v) is 5.33. The molecule has 4 N–H and O–H groups in total. The van der Waals surface area contributed by atoms with E-state index in [4.69, 9.17) is 15.2 Å². The quantitative estimate of drug-likeness (QED) is 0.498. The molecule has 4 heterocycles. The molecule has 0 saturated carbocycles. The van der Waals surface area contributed by atoms with Gasteiger partial charge in [-0.25, -0.2) is 14.3 Å². The lowest BCUT2D eigenvalue weighted by atomic mass is 9.86. The second-order valence-corrected chi connectivity index (χ2v) is 10.7. The van der Waals surface area contributed by atoms with Gasteiger partial charge in [-0.1, -0.05) is 6.07 Å². The summed E-state index contributed by atoms with van der Waals surface area (Å²) in [4.78, 5) is 18.9. The van der Waals surface area contributed by atoms with Crippen molar-refractivity contribution in [1.82, 2.24) is 19.9 Å². The SMILES string of the molecule is COc1cc(-c2cc(N3CCC4(CCCN4)CC3)n3ncnc(N)c23)ccc1NC(=O)OC(C)(C)C. The summed E-state index contributed by atoms with van der Waals surface area (Å²) >= 11 is 0. The molecular weight excluding hydrogens is 458 g/mol. The predicted octanol–water partition coefficient (Wildman–Crippen LogP) is 4.06. The molecule has 10 nitrogen and oxygen atoms in total. The first kappa shape index (κ1) is 24.2. The van der Waals surface area contributed by atoms with E-state index in [1.807, 2.05) is 37.4 Å². The second kappa shape index (κ2) is 9.16. The maximum atomic E-state index is 12.3. The highest BCUT2D eigenvalue weighted by atomic mass is 16.6. The number of rotatable bonds is 4. The summed E-state index contributed by atoms with van der Waals surface area (Å²) in [6.07, 6.45) is 5.67. The van der Waals surface area contributed by atoms with Crippen molar-refractivity contribution in [3.63, 3.8) is 0 Å². The second-order valence-electron chi connectivity index (χ2n) is 10.7. The molecule has 3 aromatic rings. The molecule has 5 rings (SSSR count). The number of carbonyl (C=O) groups excluding carboxylic acids is 1. The van der Waals surface area contributed by atoms with Crippen LogP contribution in [0.3, 0.4) is 0 Å². The van der Waals surface area contributed by atoms with Gasteiger partial charge >= 0.3 is 6.09 Å². The molecule has 1 amide bonds. The summed E-state index contributed by atoms with van der Waals surface area (Å²) in [5.41, 5.74) is 9.10. The van der Waals surface area contributed by atoms with Crippen LogP contribution in [0.2, 0.25) is 0 Å². The van der Waals surface area contributed by atoms with Crippen molar-refractivity contribution in [2.45, 2.75) is 57.6 Å². The van der Waals surface area contributed by atoms with Gasteiger partial charge in [0.2, 0.25) is 0 Å². The molecule has 2 aliphatic rings. The monoisotopic (exact) mass is 493 g/mol. The number of ether oxygens (including phenoxy) is 2. The third-order valence-corrected chi connectivity index (χ3v) is 7.09. The minimum absolute atomic E-state index is 0.282. The van der Waals surface area contributed by atoms with Gasteiger partial charge in [0, 0.05) is 24.2 Å². The minimum atomic E-state index is -0.599. The first-order valence-electron chi connectivity index (χ1n) is 12.5. The van der Waals surface area contributed by atoms with E-state index in [1.165, 1.54) is 19.2 Å². The number of methoxy groups -OCH3 is 1. The third kappa shape index (κ3) is 4.65. The van der Waals surface area contributed by atoms with E-state index < -0.39 is 11.7 Å². The molecule has 1 aromatic carbocycles. The zero-order valence-corrected chi connectivity index (χ0v) is 21.4. The summed E-state index contributed by atoms with van der Waals surface area (Å²) in [6.45, 7) is 8.47. The molecule has 192 valence electrons. The van der Waals surface area contributed by atoms with E-state index in [-0.39, 0.29) is 5.54 Å². The molecule has 1 spiro atoms. The number of nitrogens with zero attached hydrogens (tertiary/aromatic N) is 4. The van der Waals surface area contributed by atoms with E-state index in [0.717, 1.165) is 54.9 Å². The summed E-state index contributed by atoms with van der Waals surface area (Å²) in [6, 6.07) is 7.73. The molecule has 0 unspecified atom stereocenters. The standard InChI is InChI=1S/C26H35N7O3/c1-25(2,3)36-24(34)31-19-7-6-17(14-20(19)35-4)18-15-21(33-22(18)23(27)28-16-30-33)32-12-9-26(10-13-32)8-5-11-29-26/h6-7,14-16,29H,5,8-13H2,1-4H3,(H,31,34)(H2,27,28,30). The number of piperidine rings is 1. The number of nitrogens with one attached hydrogen (secondary N) is 2. The first-order valence-corrected chi connectivity index (χ1v) is 12.5. The van der Waals surface area contributed by atoms with E-state index in [0.29, 0.717) is 17.3 Å². The summed E-state index contributed by atoms with van der Waals surface area (Å²) in [5.74, 6) is 1.92. The largest absolute Gasteiger partial charge is 0.495 e. The van der Waals surface area contributed by atoms with Crippen molar-refractivity contribution >= 4 is 28.9 Å². The van der Waals surface area contributed by atoms with Crippen molar-refractivity contribution in [3.8, 4) is 16.9 Å². The topological polar surface area (TPSA) is 119 Å². The van der Waals surface area contributed by atoms with Crippen LogP contribution in [0.4, 0.5) is 22.1 Å². The number of benzene rings is 1. The highest BCUT2D eigenvalue weighted by Crippen LogP contribution is 2.39. The molecule has 2 fully saturated rings. The van der Waals surface area contributed by atoms with Gasteiger partial charge in [-0.05, 0) is 76.8 Å². The van der Waals surface area contributed by atoms with E-state index >= 15 is 0 Å². The number of hydrogen-bond donors (Lipinski definition) is 3. The smallest absolute Gasteiger partial charge is 0.412 e. The van der Waals surface area contributed by atoms with Crippen molar-refractivity contribution in [1.29, 1.82) is 0 Å². The molecule has 0 radical (unpaired) electrons. The van der Waals surface area contributed by atoms with Crippen LogP contribution >= 0.6 is 0 Å². The Morgan fingerprint density at radius 1 is 1.19 bits per heavy atom. The Hall–Kier alpha value is -3.53. The van der Waals surface area contributed by atoms with Crippen LogP contribution in [0.5, 0.6) is 5.75 Å². The van der Waals surface area contributed by atoms with Gasteiger partial charge in [-0.15, -0.1) is 0 Å². The Morgan fingerprint density at radius 3 is 2.64 bits per heavy atom. The van der Waals surface area contributed by atoms with Crippen molar-refractivity contribution in [3.05, 3.63) is 30.6 Å². The Bertz CT molecular complexity index is 1260. The van der Waals surface area contributed by atoms with Gasteiger partial charge < -0.3 is 25.4 Å². The summed E-state index contributed by atoms with van der Waals surface area (Å²) in [7, 11) is 1.57. The van der Waals surface area contributed by atoms with Crippen LogP contribution in [0.15, 0.2) is 30.6 Å². The molecule has 2 aliphatic heterocycles. The van der Waals surface area contributed by atoms with Crippen LogP contribution in [-0.2, 0) is 4.74 Å². The number of hydrogen-bond acceptors (Lipinski definition) is 8. The van der Waals surface area contributed by atoms with E-state index in [1.54, 1.807) is 13.2 Å². The molecule has 2 saturated heterocycles. The first-order chi connectivity index (χ1) is 17.2. The normalized spacial score (nSPS) is 17.5. The molecule has 36 heavy (non-hydrogen) atoms. The van der Waals surface area contributed by atoms with Gasteiger partial charge in [-0.2, -0.15) is 5.10 Å². The lowest BCUT2D eigenvalue weighted by Crippen LogP contribution is -2.50. The molecule has 2 aromatic heterocycles. The number of nitrogen functional groups attached to an aromatic ring is 1. The molecule has 10 heteroatoms. The highest BCUT2D eigenvalue weighted by Gasteiger charge is 2.37. The summed E-state index contributed by atoms with van der Waals surface area (Å²) < 4.78 is 12.9. The van der Waals surface area contributed by atoms with Gasteiger partial charge in [0.25, 0.3) is 0 Å². The van der Waals surface area contributed by atoms with Crippen LogP contribution in [-0.4, -0.2) is 58.6 Å². The maximum absolute atomic E-state index is 12.3. The Kier molecular flexibility index (Phi) is 6.15. The Morgan fingerprint density at radius 2 is 1.97 bits per heavy atom. The van der Waals surface area contributed by atoms with E-state index in [2.05, 4.69) is 31.7 Å². The third-order valence-electron chi connectivity index (χ3n) is 7.09. The predicted molar refractivity (Wildman–Crippen MR) is 141 cm³/mol. The number of anilines is 3. The fourth-order valence-electron chi connectivity index (χ4n) is 5.33. The minimum Gasteiger partial charge on any atom is -0.495 e. The molecule has 0 bridgehead atoms. The van der Waals surface area contributed by atoms with E-state index in [9.17, 15) is 4.79 Å². The van der Waals surface area contributed by atoms with Gasteiger partial charge in [0.1, 0.15) is 29.0 Å². The van der Waals surface area contributed by atoms with Crippen molar-refractivity contribution < 1.29 is 14.3 Å². The Balaban J connectivity index is 1.47. The highest BCUT2D eigenvalue weighted by molar-refractivity contribution is 5.93. The molecule has 0 atom stereocenters. The molecule has 0 aliphatic carbocycles. The zero-order valence-electron chi connectivity index (χ0n) is 21.4. The fraction of sp³-hybridized carbons (Fsp3) is 0.500. The van der Waals surface area contributed by atoms with Crippen LogP contribution in [0.1, 0.15) is 46.5 Å². The lowest BCUT2D eigenvalue weighted by Gasteiger charge is -2.40. The average molecular weight is 494 g/mol. The average Bonchev–Trinajstić information content (AvgIpc) is 3.45. The summed E-state index contributed by atoms with van der Waals surface area (Å²) in [5, 5.41) is 11.1.